The molecule has 7 heteroatoms. The van der Waals surface area contributed by atoms with Crippen LogP contribution in [0.15, 0.2) is 72.8 Å². The zero-order valence-corrected chi connectivity index (χ0v) is 21.1. The van der Waals surface area contributed by atoms with Gasteiger partial charge in [0.15, 0.2) is 0 Å². The van der Waals surface area contributed by atoms with Crippen molar-refractivity contribution in [2.75, 3.05) is 26.3 Å². The minimum atomic E-state index is -4.72. The van der Waals surface area contributed by atoms with E-state index < -0.39 is 6.36 Å². The van der Waals surface area contributed by atoms with Crippen LogP contribution in [-0.4, -0.2) is 43.7 Å². The summed E-state index contributed by atoms with van der Waals surface area (Å²) in [5.41, 5.74) is 6.51. The van der Waals surface area contributed by atoms with Crippen molar-refractivity contribution in [2.45, 2.75) is 44.6 Å². The molecule has 1 heterocycles. The van der Waals surface area contributed by atoms with Gasteiger partial charge in [-0.2, -0.15) is 0 Å². The average molecular weight is 526 g/mol. The Labute approximate surface area is 220 Å². The number of benzene rings is 3. The molecule has 1 aliphatic carbocycles. The van der Waals surface area contributed by atoms with Crippen molar-refractivity contribution in [1.29, 1.82) is 0 Å². The Hall–Kier alpha value is -3.32. The molecule has 0 aromatic heterocycles. The SMILES string of the molecule is FCCCN1CC[C@H](Oc2ccc(C3=C(c4ccc(OC(F)(F)F)cc4)CCCc4ccccc43)cc2)C1. The molecule has 0 spiro atoms. The molecular weight excluding hydrogens is 494 g/mol. The van der Waals surface area contributed by atoms with E-state index in [1.807, 2.05) is 24.3 Å². The van der Waals surface area contributed by atoms with E-state index in [4.69, 9.17) is 4.74 Å². The minimum absolute atomic E-state index is 0.0891. The van der Waals surface area contributed by atoms with Gasteiger partial charge < -0.3 is 9.47 Å². The van der Waals surface area contributed by atoms with Gasteiger partial charge in [0.1, 0.15) is 17.6 Å². The number of nitrogens with zero attached hydrogens (tertiary/aromatic N) is 1. The standard InChI is InChI=1S/C31H31F4NO2/c32-18-4-19-36-20-17-27(21-36)37-25-13-11-24(12-14-25)30-28-7-2-1-5-22(28)6-3-8-29(30)23-9-15-26(16-10-23)38-31(33,34)35/h1-2,5,7,9-16,27H,3-4,6,8,17-21H2/t27-/m0/s1. The van der Waals surface area contributed by atoms with E-state index in [1.165, 1.54) is 17.7 Å². The van der Waals surface area contributed by atoms with Gasteiger partial charge in [-0.15, -0.1) is 13.2 Å². The van der Waals surface area contributed by atoms with Gasteiger partial charge in [-0.3, -0.25) is 9.29 Å². The molecule has 0 bridgehead atoms. The third-order valence-electron chi connectivity index (χ3n) is 7.18. The lowest BCUT2D eigenvalue weighted by Gasteiger charge is -2.19. The molecule has 0 radical (unpaired) electrons. The molecule has 0 saturated carbocycles. The number of rotatable bonds is 8. The van der Waals surface area contributed by atoms with Crippen LogP contribution < -0.4 is 9.47 Å². The minimum Gasteiger partial charge on any atom is -0.489 e. The van der Waals surface area contributed by atoms with Gasteiger partial charge in [0, 0.05) is 19.6 Å². The third-order valence-corrected chi connectivity index (χ3v) is 7.18. The first-order valence-electron chi connectivity index (χ1n) is 13.1. The zero-order valence-electron chi connectivity index (χ0n) is 21.1. The molecular formula is C31H31F4NO2. The predicted molar refractivity (Wildman–Crippen MR) is 141 cm³/mol. The summed E-state index contributed by atoms with van der Waals surface area (Å²) in [5, 5.41) is 0. The van der Waals surface area contributed by atoms with Crippen LogP contribution in [0.2, 0.25) is 0 Å². The van der Waals surface area contributed by atoms with Crippen molar-refractivity contribution in [2.24, 2.45) is 0 Å². The van der Waals surface area contributed by atoms with E-state index in [0.717, 1.165) is 78.9 Å². The number of likely N-dealkylation sites (tertiary alicyclic amines) is 1. The van der Waals surface area contributed by atoms with Gasteiger partial charge in [0.05, 0.1) is 6.67 Å². The van der Waals surface area contributed by atoms with E-state index in [-0.39, 0.29) is 18.5 Å². The summed E-state index contributed by atoms with van der Waals surface area (Å²) in [6.07, 6.45) is -0.478. The van der Waals surface area contributed by atoms with Gasteiger partial charge in [0.25, 0.3) is 0 Å². The van der Waals surface area contributed by atoms with E-state index >= 15 is 0 Å². The monoisotopic (exact) mass is 525 g/mol. The number of hydrogen-bond acceptors (Lipinski definition) is 3. The fraction of sp³-hybridized carbons (Fsp3) is 0.355. The van der Waals surface area contributed by atoms with Crippen molar-refractivity contribution in [3.63, 3.8) is 0 Å². The highest BCUT2D eigenvalue weighted by Crippen LogP contribution is 2.40. The summed E-state index contributed by atoms with van der Waals surface area (Å²) in [7, 11) is 0. The number of alkyl halides is 4. The number of fused-ring (bicyclic) bond motifs is 1. The van der Waals surface area contributed by atoms with Crippen LogP contribution in [0.1, 0.15) is 47.9 Å². The number of ether oxygens (including phenoxy) is 2. The van der Waals surface area contributed by atoms with Gasteiger partial charge >= 0.3 is 6.36 Å². The molecule has 5 rings (SSSR count). The zero-order chi connectivity index (χ0) is 26.5. The lowest BCUT2D eigenvalue weighted by Crippen LogP contribution is -2.26. The highest BCUT2D eigenvalue weighted by Gasteiger charge is 2.31. The summed E-state index contributed by atoms with van der Waals surface area (Å²) in [5.74, 6) is 0.567. The number of hydrogen-bond donors (Lipinski definition) is 0. The van der Waals surface area contributed by atoms with E-state index in [2.05, 4.69) is 33.9 Å². The van der Waals surface area contributed by atoms with Gasteiger partial charge in [-0.25, -0.2) is 0 Å². The average Bonchev–Trinajstić information content (AvgIpc) is 3.25. The van der Waals surface area contributed by atoms with E-state index in [1.54, 1.807) is 12.1 Å². The molecule has 3 nitrogen and oxygen atoms in total. The Morgan fingerprint density at radius 1 is 0.842 bits per heavy atom. The molecule has 3 aromatic rings. The Morgan fingerprint density at radius 3 is 2.29 bits per heavy atom. The third kappa shape index (κ3) is 6.38. The van der Waals surface area contributed by atoms with Crippen LogP contribution >= 0.6 is 0 Å². The maximum atomic E-state index is 12.7. The Morgan fingerprint density at radius 2 is 1.55 bits per heavy atom. The molecule has 38 heavy (non-hydrogen) atoms. The van der Waals surface area contributed by atoms with Crippen molar-refractivity contribution in [3.8, 4) is 11.5 Å². The molecule has 200 valence electrons. The van der Waals surface area contributed by atoms with Gasteiger partial charge in [-0.05, 0) is 89.8 Å². The first-order chi connectivity index (χ1) is 18.4. The smallest absolute Gasteiger partial charge is 0.489 e. The molecule has 0 unspecified atom stereocenters. The van der Waals surface area contributed by atoms with Crippen LogP contribution in [0.4, 0.5) is 17.6 Å². The Balaban J connectivity index is 1.44. The van der Waals surface area contributed by atoms with Gasteiger partial charge in [0.2, 0.25) is 0 Å². The first kappa shape index (κ1) is 26.3. The van der Waals surface area contributed by atoms with E-state index in [9.17, 15) is 17.6 Å². The van der Waals surface area contributed by atoms with Crippen molar-refractivity contribution in [3.05, 3.63) is 95.1 Å². The highest BCUT2D eigenvalue weighted by atomic mass is 19.4. The lowest BCUT2D eigenvalue weighted by atomic mass is 9.88. The maximum Gasteiger partial charge on any atom is 0.573 e. The summed E-state index contributed by atoms with van der Waals surface area (Å²) in [6, 6.07) is 22.6. The fourth-order valence-corrected chi connectivity index (χ4v) is 5.47. The fourth-order valence-electron chi connectivity index (χ4n) is 5.47. The van der Waals surface area contributed by atoms with Crippen LogP contribution in [0.3, 0.4) is 0 Å². The summed E-state index contributed by atoms with van der Waals surface area (Å²) in [6.45, 7) is 2.19. The molecule has 1 fully saturated rings. The lowest BCUT2D eigenvalue weighted by molar-refractivity contribution is -0.274. The van der Waals surface area contributed by atoms with Crippen LogP contribution in [0.5, 0.6) is 11.5 Å². The van der Waals surface area contributed by atoms with Gasteiger partial charge in [-0.1, -0.05) is 48.5 Å². The quantitative estimate of drug-likeness (QED) is 0.282. The second kappa shape index (κ2) is 11.6. The number of allylic oxidation sites excluding steroid dienone is 1. The predicted octanol–water partition coefficient (Wildman–Crippen LogP) is 7.69. The summed E-state index contributed by atoms with van der Waals surface area (Å²) < 4.78 is 60.8. The Kier molecular flexibility index (Phi) is 8.03. The van der Waals surface area contributed by atoms with Crippen molar-refractivity contribution >= 4 is 11.1 Å². The molecule has 1 saturated heterocycles. The van der Waals surface area contributed by atoms with Crippen molar-refractivity contribution < 1.29 is 27.0 Å². The molecule has 1 aliphatic heterocycles. The second-order valence-corrected chi connectivity index (χ2v) is 9.83. The largest absolute Gasteiger partial charge is 0.573 e. The topological polar surface area (TPSA) is 21.7 Å². The molecule has 1 atom stereocenters. The van der Waals surface area contributed by atoms with Crippen LogP contribution in [0.25, 0.3) is 11.1 Å². The first-order valence-corrected chi connectivity index (χ1v) is 13.1. The summed E-state index contributed by atoms with van der Waals surface area (Å²) >= 11 is 0. The van der Waals surface area contributed by atoms with Crippen LogP contribution in [-0.2, 0) is 6.42 Å². The normalized spacial score (nSPS) is 18.3. The highest BCUT2D eigenvalue weighted by molar-refractivity contribution is 5.99. The number of halogens is 4. The van der Waals surface area contributed by atoms with E-state index in [0.29, 0.717) is 6.42 Å². The molecule has 2 aliphatic rings. The Bertz CT molecular complexity index is 1250. The second-order valence-electron chi connectivity index (χ2n) is 9.83. The molecule has 3 aromatic carbocycles. The van der Waals surface area contributed by atoms with Crippen LogP contribution in [0, 0.1) is 0 Å². The van der Waals surface area contributed by atoms with Crippen molar-refractivity contribution in [1.82, 2.24) is 4.90 Å². The summed E-state index contributed by atoms with van der Waals surface area (Å²) in [4.78, 5) is 2.24. The molecule has 0 N–H and O–H groups in total. The maximum absolute atomic E-state index is 12.7. The molecule has 0 amide bonds. The number of aryl methyl sites for hydroxylation is 1.